The Morgan fingerprint density at radius 1 is 1.24 bits per heavy atom. The molecule has 0 spiro atoms. The highest BCUT2D eigenvalue weighted by molar-refractivity contribution is 5.48. The number of nitrogens with zero attached hydrogens (tertiary/aromatic N) is 1. The second-order valence-corrected chi connectivity index (χ2v) is 4.68. The predicted octanol–water partition coefficient (Wildman–Crippen LogP) is 2.38. The fourth-order valence-corrected chi connectivity index (χ4v) is 2.31. The van der Waals surface area contributed by atoms with Crippen molar-refractivity contribution in [2.24, 2.45) is 0 Å². The molecule has 0 saturated carbocycles. The van der Waals surface area contributed by atoms with E-state index in [1.165, 1.54) is 31.5 Å². The van der Waals surface area contributed by atoms with E-state index in [4.69, 9.17) is 0 Å². The molecule has 1 saturated heterocycles. The zero-order valence-corrected chi connectivity index (χ0v) is 10.6. The SMILES string of the molecule is CNC1CCN(C/C=C/c2ccccc2)CC1. The molecule has 0 unspecified atom stereocenters. The van der Waals surface area contributed by atoms with Crippen molar-refractivity contribution in [2.75, 3.05) is 26.7 Å². The molecule has 1 aliphatic rings. The summed E-state index contributed by atoms with van der Waals surface area (Å²) in [6.07, 6.45) is 7.03. The normalized spacial score (nSPS) is 18.9. The van der Waals surface area contributed by atoms with E-state index in [1.54, 1.807) is 0 Å². The quantitative estimate of drug-likeness (QED) is 0.854. The van der Waals surface area contributed by atoms with Crippen LogP contribution in [0.15, 0.2) is 36.4 Å². The molecule has 0 amide bonds. The van der Waals surface area contributed by atoms with Crippen molar-refractivity contribution < 1.29 is 0 Å². The van der Waals surface area contributed by atoms with Gasteiger partial charge in [0, 0.05) is 12.6 Å². The van der Waals surface area contributed by atoms with Crippen molar-refractivity contribution in [3.63, 3.8) is 0 Å². The molecule has 1 aromatic carbocycles. The minimum absolute atomic E-state index is 0.726. The Bertz CT molecular complexity index is 337. The first-order valence-corrected chi connectivity index (χ1v) is 6.49. The molecular weight excluding hydrogens is 208 g/mol. The van der Waals surface area contributed by atoms with Crippen LogP contribution in [-0.2, 0) is 0 Å². The Labute approximate surface area is 104 Å². The highest BCUT2D eigenvalue weighted by Gasteiger charge is 2.15. The van der Waals surface area contributed by atoms with E-state index in [0.29, 0.717) is 0 Å². The summed E-state index contributed by atoms with van der Waals surface area (Å²) in [4.78, 5) is 2.52. The summed E-state index contributed by atoms with van der Waals surface area (Å²) in [5.41, 5.74) is 1.29. The zero-order valence-electron chi connectivity index (χ0n) is 10.6. The van der Waals surface area contributed by atoms with Crippen LogP contribution in [0.4, 0.5) is 0 Å². The summed E-state index contributed by atoms with van der Waals surface area (Å²) in [5.74, 6) is 0. The van der Waals surface area contributed by atoms with Gasteiger partial charge in [0.1, 0.15) is 0 Å². The number of hydrogen-bond acceptors (Lipinski definition) is 2. The molecule has 0 bridgehead atoms. The summed E-state index contributed by atoms with van der Waals surface area (Å²) in [7, 11) is 2.07. The first-order chi connectivity index (χ1) is 8.38. The summed E-state index contributed by atoms with van der Waals surface area (Å²) in [5, 5.41) is 3.36. The first kappa shape index (κ1) is 12.3. The molecule has 0 aliphatic carbocycles. The molecule has 0 atom stereocenters. The largest absolute Gasteiger partial charge is 0.317 e. The zero-order chi connectivity index (χ0) is 11.9. The Kier molecular flexibility index (Phi) is 4.77. The molecule has 1 N–H and O–H groups in total. The summed E-state index contributed by atoms with van der Waals surface area (Å²) < 4.78 is 0. The van der Waals surface area contributed by atoms with Gasteiger partial charge in [-0.15, -0.1) is 0 Å². The second-order valence-electron chi connectivity index (χ2n) is 4.68. The maximum atomic E-state index is 3.36. The third kappa shape index (κ3) is 3.99. The molecule has 1 heterocycles. The third-order valence-electron chi connectivity index (χ3n) is 3.47. The van der Waals surface area contributed by atoms with Crippen molar-refractivity contribution in [3.05, 3.63) is 42.0 Å². The Balaban J connectivity index is 1.74. The maximum Gasteiger partial charge on any atom is 0.0166 e. The van der Waals surface area contributed by atoms with Gasteiger partial charge in [-0.2, -0.15) is 0 Å². The van der Waals surface area contributed by atoms with Crippen LogP contribution in [0.2, 0.25) is 0 Å². The number of likely N-dealkylation sites (tertiary alicyclic amines) is 1. The average molecular weight is 230 g/mol. The summed E-state index contributed by atoms with van der Waals surface area (Å²) in [6.45, 7) is 3.50. The molecule has 1 aliphatic heterocycles. The van der Waals surface area contributed by atoms with Gasteiger partial charge >= 0.3 is 0 Å². The maximum absolute atomic E-state index is 3.36. The number of nitrogens with one attached hydrogen (secondary N) is 1. The van der Waals surface area contributed by atoms with E-state index in [-0.39, 0.29) is 0 Å². The minimum atomic E-state index is 0.726. The predicted molar refractivity (Wildman–Crippen MR) is 74.0 cm³/mol. The fraction of sp³-hybridized carbons (Fsp3) is 0.467. The van der Waals surface area contributed by atoms with E-state index in [2.05, 4.69) is 59.7 Å². The van der Waals surface area contributed by atoms with E-state index < -0.39 is 0 Å². The van der Waals surface area contributed by atoms with Crippen LogP contribution in [0.3, 0.4) is 0 Å². The molecule has 2 nitrogen and oxygen atoms in total. The van der Waals surface area contributed by atoms with Gasteiger partial charge in [-0.25, -0.2) is 0 Å². The van der Waals surface area contributed by atoms with Crippen LogP contribution in [0.1, 0.15) is 18.4 Å². The van der Waals surface area contributed by atoms with Crippen LogP contribution in [0, 0.1) is 0 Å². The van der Waals surface area contributed by atoms with Crippen molar-refractivity contribution in [1.29, 1.82) is 0 Å². The summed E-state index contributed by atoms with van der Waals surface area (Å²) in [6, 6.07) is 11.2. The molecule has 2 rings (SSSR count). The number of benzene rings is 1. The molecule has 1 fully saturated rings. The lowest BCUT2D eigenvalue weighted by Gasteiger charge is -2.30. The molecular formula is C15H22N2. The van der Waals surface area contributed by atoms with E-state index in [1.807, 2.05) is 0 Å². The van der Waals surface area contributed by atoms with Gasteiger partial charge in [0.05, 0.1) is 0 Å². The van der Waals surface area contributed by atoms with Crippen molar-refractivity contribution in [3.8, 4) is 0 Å². The number of rotatable bonds is 4. The standard InChI is InChI=1S/C15H22N2/c1-16-15-9-12-17(13-10-15)11-5-8-14-6-3-2-4-7-14/h2-8,15-16H,9-13H2,1H3/b8-5+. The van der Waals surface area contributed by atoms with Crippen LogP contribution in [-0.4, -0.2) is 37.6 Å². The lowest BCUT2D eigenvalue weighted by molar-refractivity contribution is 0.220. The summed E-state index contributed by atoms with van der Waals surface area (Å²) >= 11 is 0. The molecule has 1 aromatic rings. The van der Waals surface area contributed by atoms with E-state index in [0.717, 1.165) is 12.6 Å². The molecule has 2 heteroatoms. The second kappa shape index (κ2) is 6.58. The van der Waals surface area contributed by atoms with Crippen LogP contribution in [0.25, 0.3) is 6.08 Å². The van der Waals surface area contributed by atoms with Gasteiger partial charge in [-0.05, 0) is 38.5 Å². The smallest absolute Gasteiger partial charge is 0.0166 e. The third-order valence-corrected chi connectivity index (χ3v) is 3.47. The van der Waals surface area contributed by atoms with Gasteiger partial charge in [0.25, 0.3) is 0 Å². The molecule has 0 aromatic heterocycles. The molecule has 17 heavy (non-hydrogen) atoms. The Hall–Kier alpha value is -1.12. The van der Waals surface area contributed by atoms with Crippen LogP contribution >= 0.6 is 0 Å². The van der Waals surface area contributed by atoms with Gasteiger partial charge in [-0.3, -0.25) is 4.90 Å². The fourth-order valence-electron chi connectivity index (χ4n) is 2.31. The van der Waals surface area contributed by atoms with Crippen LogP contribution < -0.4 is 5.32 Å². The first-order valence-electron chi connectivity index (χ1n) is 6.49. The van der Waals surface area contributed by atoms with Gasteiger partial charge in [0.15, 0.2) is 0 Å². The Morgan fingerprint density at radius 3 is 2.59 bits per heavy atom. The number of piperidine rings is 1. The molecule has 92 valence electrons. The topological polar surface area (TPSA) is 15.3 Å². The van der Waals surface area contributed by atoms with Crippen molar-refractivity contribution in [2.45, 2.75) is 18.9 Å². The average Bonchev–Trinajstić information content (AvgIpc) is 2.41. The van der Waals surface area contributed by atoms with Gasteiger partial charge in [-0.1, -0.05) is 42.5 Å². The van der Waals surface area contributed by atoms with Gasteiger partial charge in [0.2, 0.25) is 0 Å². The van der Waals surface area contributed by atoms with E-state index >= 15 is 0 Å². The lowest BCUT2D eigenvalue weighted by atomic mass is 10.1. The highest BCUT2D eigenvalue weighted by Crippen LogP contribution is 2.10. The molecule has 0 radical (unpaired) electrons. The minimum Gasteiger partial charge on any atom is -0.317 e. The van der Waals surface area contributed by atoms with Gasteiger partial charge < -0.3 is 5.32 Å². The lowest BCUT2D eigenvalue weighted by Crippen LogP contribution is -2.41. The highest BCUT2D eigenvalue weighted by atomic mass is 15.1. The van der Waals surface area contributed by atoms with Crippen molar-refractivity contribution in [1.82, 2.24) is 10.2 Å². The van der Waals surface area contributed by atoms with Crippen molar-refractivity contribution >= 4 is 6.08 Å². The van der Waals surface area contributed by atoms with E-state index in [9.17, 15) is 0 Å². The monoisotopic (exact) mass is 230 g/mol. The Morgan fingerprint density at radius 2 is 1.94 bits per heavy atom. The van der Waals surface area contributed by atoms with Crippen LogP contribution in [0.5, 0.6) is 0 Å². The number of hydrogen-bond donors (Lipinski definition) is 1.